The first kappa shape index (κ1) is 18.9. The lowest BCUT2D eigenvalue weighted by Crippen LogP contribution is -2.44. The first-order valence-electron chi connectivity index (χ1n) is 9.71. The highest BCUT2D eigenvalue weighted by Gasteiger charge is 2.33. The van der Waals surface area contributed by atoms with Crippen molar-refractivity contribution in [2.45, 2.75) is 44.7 Å². The number of amides is 3. The van der Waals surface area contributed by atoms with Crippen molar-refractivity contribution >= 4 is 11.9 Å². The molecule has 1 aromatic rings. The lowest BCUT2D eigenvalue weighted by atomic mass is 9.87. The Kier molecular flexibility index (Phi) is 6.63. The van der Waals surface area contributed by atoms with Crippen molar-refractivity contribution in [1.82, 2.24) is 15.1 Å². The van der Waals surface area contributed by atoms with Gasteiger partial charge in [0.25, 0.3) is 0 Å². The Balaban J connectivity index is 1.44. The summed E-state index contributed by atoms with van der Waals surface area (Å²) in [6.45, 7) is 5.10. The molecule has 2 saturated heterocycles. The van der Waals surface area contributed by atoms with E-state index in [1.807, 2.05) is 0 Å². The maximum atomic E-state index is 11.7. The fourth-order valence-corrected chi connectivity index (χ4v) is 4.45. The summed E-state index contributed by atoms with van der Waals surface area (Å²) in [5.74, 6) is 0.435. The molecule has 0 bridgehead atoms. The zero-order valence-electron chi connectivity index (χ0n) is 15.4. The summed E-state index contributed by atoms with van der Waals surface area (Å²) in [6.07, 6.45) is 5.21. The highest BCUT2D eigenvalue weighted by atomic mass is 16.2. The molecule has 26 heavy (non-hydrogen) atoms. The molecule has 1 aromatic carbocycles. The Labute approximate surface area is 155 Å². The fourth-order valence-electron chi connectivity index (χ4n) is 4.45. The van der Waals surface area contributed by atoms with Gasteiger partial charge in [-0.2, -0.15) is 0 Å². The van der Waals surface area contributed by atoms with Crippen LogP contribution in [0.15, 0.2) is 30.3 Å². The molecule has 0 unspecified atom stereocenters. The van der Waals surface area contributed by atoms with Crippen molar-refractivity contribution in [3.8, 4) is 0 Å². The second kappa shape index (κ2) is 9.14. The Morgan fingerprint density at radius 2 is 1.81 bits per heavy atom. The summed E-state index contributed by atoms with van der Waals surface area (Å²) in [6, 6.07) is 10.5. The predicted molar refractivity (Wildman–Crippen MR) is 101 cm³/mol. The van der Waals surface area contributed by atoms with Crippen molar-refractivity contribution in [3.63, 3.8) is 0 Å². The molecular formula is C20H30N4O2. The number of hydrogen-bond acceptors (Lipinski definition) is 4. The van der Waals surface area contributed by atoms with Gasteiger partial charge in [-0.25, -0.2) is 4.79 Å². The van der Waals surface area contributed by atoms with Crippen molar-refractivity contribution in [2.75, 3.05) is 26.2 Å². The molecule has 3 N–H and O–H groups in total. The standard InChI is InChI=1S/C20H30N4O2/c21-20(26)22-19(25)10-14-24-11-4-7-18(24)17-8-12-23(13-9-17)15-16-5-2-1-3-6-16/h1-3,5-6,17-18H,4,7-15H2,(H3,21,22,25,26)/t18-/m0/s1. The van der Waals surface area contributed by atoms with E-state index >= 15 is 0 Å². The maximum Gasteiger partial charge on any atom is 0.318 e. The van der Waals surface area contributed by atoms with Crippen LogP contribution in [0.25, 0.3) is 0 Å². The quantitative estimate of drug-likeness (QED) is 0.815. The van der Waals surface area contributed by atoms with E-state index in [1.54, 1.807) is 0 Å². The molecule has 2 fully saturated rings. The van der Waals surface area contributed by atoms with Crippen LogP contribution in [0.2, 0.25) is 0 Å². The SMILES string of the molecule is NC(=O)NC(=O)CCN1CCC[C@H]1C1CCN(Cc2ccccc2)CC1. The number of carbonyl (C=O) groups is 2. The number of hydrogen-bond donors (Lipinski definition) is 2. The van der Waals surface area contributed by atoms with Gasteiger partial charge in [0.1, 0.15) is 0 Å². The number of likely N-dealkylation sites (tertiary alicyclic amines) is 2. The number of carbonyl (C=O) groups excluding carboxylic acids is 2. The first-order valence-corrected chi connectivity index (χ1v) is 9.71. The normalized spacial score (nSPS) is 22.4. The van der Waals surface area contributed by atoms with Gasteiger partial charge < -0.3 is 5.73 Å². The van der Waals surface area contributed by atoms with E-state index in [9.17, 15) is 9.59 Å². The molecule has 0 aromatic heterocycles. The number of piperidine rings is 1. The van der Waals surface area contributed by atoms with Crippen LogP contribution in [0.1, 0.15) is 37.7 Å². The van der Waals surface area contributed by atoms with Gasteiger partial charge in [-0.05, 0) is 56.8 Å². The molecule has 3 rings (SSSR count). The molecule has 0 spiro atoms. The number of nitrogens with two attached hydrogens (primary N) is 1. The third kappa shape index (κ3) is 5.29. The molecule has 142 valence electrons. The smallest absolute Gasteiger partial charge is 0.318 e. The molecule has 2 aliphatic heterocycles. The summed E-state index contributed by atoms with van der Waals surface area (Å²) in [5, 5.41) is 2.16. The van der Waals surface area contributed by atoms with E-state index < -0.39 is 6.03 Å². The monoisotopic (exact) mass is 358 g/mol. The van der Waals surface area contributed by atoms with Crippen LogP contribution < -0.4 is 11.1 Å². The number of nitrogens with zero attached hydrogens (tertiary/aromatic N) is 2. The van der Waals surface area contributed by atoms with Crippen LogP contribution in [-0.2, 0) is 11.3 Å². The van der Waals surface area contributed by atoms with Crippen LogP contribution >= 0.6 is 0 Å². The minimum absolute atomic E-state index is 0.277. The summed E-state index contributed by atoms with van der Waals surface area (Å²) in [5.41, 5.74) is 6.38. The van der Waals surface area contributed by atoms with Crippen LogP contribution in [0, 0.1) is 5.92 Å². The minimum atomic E-state index is -0.765. The average molecular weight is 358 g/mol. The van der Waals surface area contributed by atoms with Gasteiger partial charge in [-0.3, -0.25) is 19.9 Å². The van der Waals surface area contributed by atoms with Crippen LogP contribution in [0.3, 0.4) is 0 Å². The third-order valence-electron chi connectivity index (χ3n) is 5.73. The zero-order valence-corrected chi connectivity index (χ0v) is 15.4. The Bertz CT molecular complexity index is 599. The van der Waals surface area contributed by atoms with Crippen LogP contribution in [-0.4, -0.2) is 54.0 Å². The molecule has 6 nitrogen and oxygen atoms in total. The topological polar surface area (TPSA) is 78.7 Å². The van der Waals surface area contributed by atoms with Gasteiger partial charge >= 0.3 is 6.03 Å². The largest absolute Gasteiger partial charge is 0.351 e. The van der Waals surface area contributed by atoms with E-state index in [4.69, 9.17) is 5.73 Å². The van der Waals surface area contributed by atoms with Gasteiger partial charge in [0.15, 0.2) is 0 Å². The first-order chi connectivity index (χ1) is 12.6. The number of nitrogens with one attached hydrogen (secondary N) is 1. The summed E-state index contributed by atoms with van der Waals surface area (Å²) in [7, 11) is 0. The Morgan fingerprint density at radius 1 is 1.08 bits per heavy atom. The Morgan fingerprint density at radius 3 is 2.50 bits per heavy atom. The molecule has 0 saturated carbocycles. The maximum absolute atomic E-state index is 11.7. The van der Waals surface area contributed by atoms with E-state index in [0.717, 1.165) is 26.2 Å². The second-order valence-corrected chi connectivity index (χ2v) is 7.51. The molecule has 3 amide bonds. The van der Waals surface area contributed by atoms with E-state index in [-0.39, 0.29) is 5.91 Å². The molecule has 1 atom stereocenters. The number of urea groups is 1. The number of primary amides is 1. The zero-order chi connectivity index (χ0) is 18.4. The van der Waals surface area contributed by atoms with Crippen LogP contribution in [0.5, 0.6) is 0 Å². The minimum Gasteiger partial charge on any atom is -0.351 e. The second-order valence-electron chi connectivity index (χ2n) is 7.51. The summed E-state index contributed by atoms with van der Waals surface area (Å²) >= 11 is 0. The molecule has 2 heterocycles. The van der Waals surface area contributed by atoms with Crippen molar-refractivity contribution in [2.24, 2.45) is 11.7 Å². The van der Waals surface area contributed by atoms with Gasteiger partial charge in [0.2, 0.25) is 5.91 Å². The highest BCUT2D eigenvalue weighted by molar-refractivity contribution is 5.93. The van der Waals surface area contributed by atoms with Gasteiger partial charge in [-0.1, -0.05) is 30.3 Å². The molecule has 0 aliphatic carbocycles. The van der Waals surface area contributed by atoms with Crippen molar-refractivity contribution in [3.05, 3.63) is 35.9 Å². The third-order valence-corrected chi connectivity index (χ3v) is 5.73. The summed E-state index contributed by atoms with van der Waals surface area (Å²) < 4.78 is 0. The highest BCUT2D eigenvalue weighted by Crippen LogP contribution is 2.31. The predicted octanol–water partition coefficient (Wildman–Crippen LogP) is 1.95. The molecule has 2 aliphatic rings. The fraction of sp³-hybridized carbons (Fsp3) is 0.600. The van der Waals surface area contributed by atoms with E-state index in [1.165, 1.54) is 31.2 Å². The van der Waals surface area contributed by atoms with Gasteiger partial charge in [-0.15, -0.1) is 0 Å². The average Bonchev–Trinajstić information content (AvgIpc) is 3.09. The lowest BCUT2D eigenvalue weighted by molar-refractivity contribution is -0.120. The molecule has 6 heteroatoms. The van der Waals surface area contributed by atoms with E-state index in [2.05, 4.69) is 45.4 Å². The van der Waals surface area contributed by atoms with Gasteiger partial charge in [0, 0.05) is 25.6 Å². The molecule has 0 radical (unpaired) electrons. The van der Waals surface area contributed by atoms with E-state index in [0.29, 0.717) is 24.9 Å². The number of benzene rings is 1. The Hall–Kier alpha value is -1.92. The number of rotatable bonds is 6. The lowest BCUT2D eigenvalue weighted by Gasteiger charge is -2.38. The summed E-state index contributed by atoms with van der Waals surface area (Å²) in [4.78, 5) is 27.4. The van der Waals surface area contributed by atoms with Crippen LogP contribution in [0.4, 0.5) is 4.79 Å². The van der Waals surface area contributed by atoms with Crippen molar-refractivity contribution in [1.29, 1.82) is 0 Å². The van der Waals surface area contributed by atoms with Crippen molar-refractivity contribution < 1.29 is 9.59 Å². The van der Waals surface area contributed by atoms with Gasteiger partial charge in [0.05, 0.1) is 0 Å². The number of imide groups is 1. The molecular weight excluding hydrogens is 328 g/mol.